The molecule has 1 atom stereocenters. The summed E-state index contributed by atoms with van der Waals surface area (Å²) in [6.07, 6.45) is 0.458. The maximum atomic E-state index is 8.75. The Morgan fingerprint density at radius 2 is 1.93 bits per heavy atom. The van der Waals surface area contributed by atoms with Crippen LogP contribution in [-0.4, -0.2) is 24.6 Å². The monoisotopic (exact) mass is 210 g/mol. The average molecular weight is 210 g/mol. The van der Waals surface area contributed by atoms with Crippen molar-refractivity contribution < 1.29 is 14.6 Å². The fraction of sp³-hybridized carbons (Fsp3) is 0.500. The Labute approximate surface area is 90.6 Å². The van der Waals surface area contributed by atoms with Gasteiger partial charge in [-0.3, -0.25) is 0 Å². The van der Waals surface area contributed by atoms with Gasteiger partial charge in [0.2, 0.25) is 0 Å². The van der Waals surface area contributed by atoms with Crippen molar-refractivity contribution in [1.82, 2.24) is 0 Å². The van der Waals surface area contributed by atoms with Crippen LogP contribution in [0.15, 0.2) is 24.3 Å². The molecular weight excluding hydrogens is 192 g/mol. The highest BCUT2D eigenvalue weighted by Gasteiger charge is 2.02. The lowest BCUT2D eigenvalue weighted by atomic mass is 10.1. The molecule has 3 heteroatoms. The predicted molar refractivity (Wildman–Crippen MR) is 58.9 cm³/mol. The molecule has 0 aromatic heterocycles. The van der Waals surface area contributed by atoms with Crippen LogP contribution in [0.3, 0.4) is 0 Å². The van der Waals surface area contributed by atoms with Gasteiger partial charge in [-0.1, -0.05) is 12.1 Å². The molecule has 0 heterocycles. The Kier molecular flexibility index (Phi) is 5.15. The highest BCUT2D eigenvalue weighted by molar-refractivity contribution is 5.27. The van der Waals surface area contributed by atoms with Crippen molar-refractivity contribution in [2.45, 2.75) is 26.6 Å². The molecule has 1 unspecified atom stereocenters. The molecule has 0 fully saturated rings. The van der Waals surface area contributed by atoms with Gasteiger partial charge < -0.3 is 14.6 Å². The van der Waals surface area contributed by atoms with Gasteiger partial charge in [0.1, 0.15) is 5.75 Å². The van der Waals surface area contributed by atoms with E-state index in [1.54, 1.807) is 0 Å². The fourth-order valence-corrected chi connectivity index (χ4v) is 1.32. The van der Waals surface area contributed by atoms with E-state index in [1.165, 1.54) is 0 Å². The SMILES string of the molecule is CCOC(C)Oc1ccc(CCO)cc1. The summed E-state index contributed by atoms with van der Waals surface area (Å²) in [6, 6.07) is 7.68. The summed E-state index contributed by atoms with van der Waals surface area (Å²) in [5.41, 5.74) is 1.11. The number of aliphatic hydroxyl groups is 1. The third-order valence-corrected chi connectivity index (χ3v) is 2.03. The molecule has 0 bridgehead atoms. The van der Waals surface area contributed by atoms with Gasteiger partial charge in [-0.2, -0.15) is 0 Å². The number of rotatable bonds is 6. The zero-order chi connectivity index (χ0) is 11.1. The summed E-state index contributed by atoms with van der Waals surface area (Å²) < 4.78 is 10.8. The molecule has 1 aromatic rings. The van der Waals surface area contributed by atoms with Crippen molar-refractivity contribution in [2.24, 2.45) is 0 Å². The first kappa shape index (κ1) is 12.0. The Hall–Kier alpha value is -1.06. The molecule has 0 radical (unpaired) electrons. The highest BCUT2D eigenvalue weighted by atomic mass is 16.7. The van der Waals surface area contributed by atoms with Crippen LogP contribution in [0.5, 0.6) is 5.75 Å². The minimum Gasteiger partial charge on any atom is -0.465 e. The van der Waals surface area contributed by atoms with Crippen molar-refractivity contribution in [3.05, 3.63) is 29.8 Å². The van der Waals surface area contributed by atoms with Crippen LogP contribution < -0.4 is 4.74 Å². The van der Waals surface area contributed by atoms with Gasteiger partial charge in [-0.05, 0) is 38.0 Å². The number of benzene rings is 1. The summed E-state index contributed by atoms with van der Waals surface area (Å²) in [5, 5.41) is 8.75. The van der Waals surface area contributed by atoms with Crippen molar-refractivity contribution in [2.75, 3.05) is 13.2 Å². The number of hydrogen-bond donors (Lipinski definition) is 1. The number of ether oxygens (including phenoxy) is 2. The molecule has 0 aliphatic rings. The molecular formula is C12H18O3. The van der Waals surface area contributed by atoms with E-state index in [0.717, 1.165) is 11.3 Å². The Bertz CT molecular complexity index is 269. The first-order chi connectivity index (χ1) is 7.26. The molecule has 0 amide bonds. The summed E-state index contributed by atoms with van der Waals surface area (Å²) in [6.45, 7) is 4.62. The van der Waals surface area contributed by atoms with Crippen LogP contribution >= 0.6 is 0 Å². The molecule has 0 aliphatic carbocycles. The van der Waals surface area contributed by atoms with Crippen LogP contribution in [0.25, 0.3) is 0 Å². The molecule has 1 rings (SSSR count). The molecule has 1 N–H and O–H groups in total. The van der Waals surface area contributed by atoms with Gasteiger partial charge >= 0.3 is 0 Å². The first-order valence-electron chi connectivity index (χ1n) is 5.24. The molecule has 0 aliphatic heterocycles. The lowest BCUT2D eigenvalue weighted by Gasteiger charge is -2.14. The van der Waals surface area contributed by atoms with E-state index in [0.29, 0.717) is 13.0 Å². The van der Waals surface area contributed by atoms with Crippen LogP contribution in [0, 0.1) is 0 Å². The zero-order valence-corrected chi connectivity index (χ0v) is 9.27. The summed E-state index contributed by atoms with van der Waals surface area (Å²) in [7, 11) is 0. The third-order valence-electron chi connectivity index (χ3n) is 2.03. The zero-order valence-electron chi connectivity index (χ0n) is 9.27. The van der Waals surface area contributed by atoms with E-state index in [-0.39, 0.29) is 12.9 Å². The minimum absolute atomic E-state index is 0.176. The van der Waals surface area contributed by atoms with Crippen molar-refractivity contribution in [3.63, 3.8) is 0 Å². The van der Waals surface area contributed by atoms with Gasteiger partial charge in [-0.15, -0.1) is 0 Å². The highest BCUT2D eigenvalue weighted by Crippen LogP contribution is 2.14. The lowest BCUT2D eigenvalue weighted by molar-refractivity contribution is -0.0613. The quantitative estimate of drug-likeness (QED) is 0.730. The van der Waals surface area contributed by atoms with Crippen LogP contribution in [0.1, 0.15) is 19.4 Å². The molecule has 84 valence electrons. The van der Waals surface area contributed by atoms with Crippen molar-refractivity contribution in [3.8, 4) is 5.75 Å². The molecule has 3 nitrogen and oxygen atoms in total. The van der Waals surface area contributed by atoms with Crippen molar-refractivity contribution >= 4 is 0 Å². The lowest BCUT2D eigenvalue weighted by Crippen LogP contribution is -2.15. The first-order valence-corrected chi connectivity index (χ1v) is 5.24. The molecule has 1 aromatic carbocycles. The topological polar surface area (TPSA) is 38.7 Å². The second kappa shape index (κ2) is 6.43. The largest absolute Gasteiger partial charge is 0.465 e. The van der Waals surface area contributed by atoms with Crippen LogP contribution in [0.2, 0.25) is 0 Å². The summed E-state index contributed by atoms with van der Waals surface area (Å²) in [4.78, 5) is 0. The second-order valence-corrected chi connectivity index (χ2v) is 3.26. The van der Waals surface area contributed by atoms with Gasteiger partial charge in [0.05, 0.1) is 0 Å². The van der Waals surface area contributed by atoms with E-state index in [1.807, 2.05) is 38.1 Å². The Morgan fingerprint density at radius 3 is 2.47 bits per heavy atom. The standard InChI is InChI=1S/C12H18O3/c1-3-14-10(2)15-12-6-4-11(5-7-12)8-9-13/h4-7,10,13H,3,8-9H2,1-2H3. The second-order valence-electron chi connectivity index (χ2n) is 3.26. The summed E-state index contributed by atoms with van der Waals surface area (Å²) >= 11 is 0. The van der Waals surface area contributed by atoms with Crippen LogP contribution in [-0.2, 0) is 11.2 Å². The maximum absolute atomic E-state index is 8.75. The third kappa shape index (κ3) is 4.32. The molecule has 0 saturated carbocycles. The number of hydrogen-bond acceptors (Lipinski definition) is 3. The van der Waals surface area contributed by atoms with E-state index < -0.39 is 0 Å². The van der Waals surface area contributed by atoms with Gasteiger partial charge in [0.15, 0.2) is 6.29 Å². The maximum Gasteiger partial charge on any atom is 0.196 e. The van der Waals surface area contributed by atoms with Crippen molar-refractivity contribution in [1.29, 1.82) is 0 Å². The Balaban J connectivity index is 2.48. The van der Waals surface area contributed by atoms with E-state index in [9.17, 15) is 0 Å². The molecule has 0 saturated heterocycles. The van der Waals surface area contributed by atoms with Gasteiger partial charge in [0.25, 0.3) is 0 Å². The predicted octanol–water partition coefficient (Wildman–Crippen LogP) is 1.98. The van der Waals surface area contributed by atoms with Crippen LogP contribution in [0.4, 0.5) is 0 Å². The Morgan fingerprint density at radius 1 is 1.27 bits per heavy atom. The number of aliphatic hydroxyl groups excluding tert-OH is 1. The molecule has 15 heavy (non-hydrogen) atoms. The van der Waals surface area contributed by atoms with Gasteiger partial charge in [-0.25, -0.2) is 0 Å². The average Bonchev–Trinajstić information content (AvgIpc) is 2.22. The van der Waals surface area contributed by atoms with E-state index in [4.69, 9.17) is 14.6 Å². The van der Waals surface area contributed by atoms with E-state index >= 15 is 0 Å². The smallest absolute Gasteiger partial charge is 0.196 e. The van der Waals surface area contributed by atoms with Gasteiger partial charge in [0, 0.05) is 13.2 Å². The fourth-order valence-electron chi connectivity index (χ4n) is 1.32. The molecule has 0 spiro atoms. The normalized spacial score (nSPS) is 12.5. The minimum atomic E-state index is -0.223. The van der Waals surface area contributed by atoms with E-state index in [2.05, 4.69) is 0 Å². The summed E-state index contributed by atoms with van der Waals surface area (Å²) in [5.74, 6) is 0.789.